The van der Waals surface area contributed by atoms with Crippen molar-refractivity contribution in [3.8, 4) is 0 Å². The minimum absolute atomic E-state index is 0.0565. The molecule has 0 saturated heterocycles. The van der Waals surface area contributed by atoms with E-state index in [9.17, 15) is 14.0 Å². The maximum atomic E-state index is 14.0. The van der Waals surface area contributed by atoms with E-state index in [1.807, 2.05) is 44.2 Å². The summed E-state index contributed by atoms with van der Waals surface area (Å²) in [5.74, 6) is -0.791. The van der Waals surface area contributed by atoms with Crippen molar-refractivity contribution in [2.24, 2.45) is 0 Å². The zero-order valence-electron chi connectivity index (χ0n) is 16.7. The Morgan fingerprint density at radius 2 is 1.71 bits per heavy atom. The van der Waals surface area contributed by atoms with Crippen LogP contribution in [-0.4, -0.2) is 35.8 Å². The van der Waals surface area contributed by atoms with Gasteiger partial charge in [0.25, 0.3) is 0 Å². The van der Waals surface area contributed by atoms with E-state index in [2.05, 4.69) is 5.32 Å². The molecular weight excluding hydrogens is 355 g/mol. The number of rotatable bonds is 10. The van der Waals surface area contributed by atoms with Crippen LogP contribution in [0.3, 0.4) is 0 Å². The van der Waals surface area contributed by atoms with Crippen molar-refractivity contribution in [3.63, 3.8) is 0 Å². The molecule has 0 heterocycles. The van der Waals surface area contributed by atoms with Gasteiger partial charge in [0.05, 0.1) is 6.42 Å². The van der Waals surface area contributed by atoms with E-state index in [1.165, 1.54) is 6.07 Å². The highest BCUT2D eigenvalue weighted by atomic mass is 19.1. The van der Waals surface area contributed by atoms with Crippen LogP contribution < -0.4 is 5.32 Å². The van der Waals surface area contributed by atoms with Crippen molar-refractivity contribution >= 4 is 11.8 Å². The molecule has 0 unspecified atom stereocenters. The molecule has 0 aliphatic carbocycles. The summed E-state index contributed by atoms with van der Waals surface area (Å²) in [5.41, 5.74) is 1.44. The second-order valence-electron chi connectivity index (χ2n) is 6.81. The molecule has 2 aromatic rings. The third-order valence-corrected chi connectivity index (χ3v) is 4.72. The molecule has 0 aromatic heterocycles. The van der Waals surface area contributed by atoms with Crippen LogP contribution in [0.15, 0.2) is 54.6 Å². The molecule has 2 amide bonds. The number of carbonyl (C=O) groups excluding carboxylic acids is 2. The number of halogens is 1. The van der Waals surface area contributed by atoms with E-state index in [1.54, 1.807) is 23.1 Å². The molecule has 28 heavy (non-hydrogen) atoms. The van der Waals surface area contributed by atoms with Gasteiger partial charge in [0.2, 0.25) is 11.8 Å². The highest BCUT2D eigenvalue weighted by Gasteiger charge is 2.28. The molecule has 0 aliphatic rings. The van der Waals surface area contributed by atoms with Crippen LogP contribution in [0.1, 0.15) is 37.8 Å². The lowest BCUT2D eigenvalue weighted by Crippen LogP contribution is -2.50. The van der Waals surface area contributed by atoms with E-state index in [0.29, 0.717) is 31.5 Å². The highest BCUT2D eigenvalue weighted by Crippen LogP contribution is 2.14. The van der Waals surface area contributed by atoms with Gasteiger partial charge in [-0.1, -0.05) is 62.4 Å². The standard InChI is InChI=1S/C23H29FN2O2/c1-3-15-25-23(28)21(4-2)26(16-14-18-10-6-5-7-11-18)22(27)17-19-12-8-9-13-20(19)24/h5-13,21H,3-4,14-17H2,1-2H3,(H,25,28)/t21-/m1/s1. The van der Waals surface area contributed by atoms with Gasteiger partial charge in [-0.25, -0.2) is 4.39 Å². The average molecular weight is 384 g/mol. The molecule has 0 bridgehead atoms. The predicted molar refractivity (Wildman–Crippen MR) is 109 cm³/mol. The van der Waals surface area contributed by atoms with Gasteiger partial charge in [-0.15, -0.1) is 0 Å². The van der Waals surface area contributed by atoms with E-state index in [0.717, 1.165) is 12.0 Å². The minimum atomic E-state index is -0.561. The molecule has 0 saturated carbocycles. The average Bonchev–Trinajstić information content (AvgIpc) is 2.71. The Kier molecular flexibility index (Phi) is 8.66. The zero-order chi connectivity index (χ0) is 20.4. The van der Waals surface area contributed by atoms with Gasteiger partial charge in [0.1, 0.15) is 11.9 Å². The van der Waals surface area contributed by atoms with Gasteiger partial charge < -0.3 is 10.2 Å². The van der Waals surface area contributed by atoms with Gasteiger partial charge in [-0.3, -0.25) is 9.59 Å². The van der Waals surface area contributed by atoms with E-state index < -0.39 is 11.9 Å². The van der Waals surface area contributed by atoms with Crippen molar-refractivity contribution in [2.45, 2.75) is 45.6 Å². The Balaban J connectivity index is 2.19. The lowest BCUT2D eigenvalue weighted by atomic mass is 10.1. The topological polar surface area (TPSA) is 49.4 Å². The van der Waals surface area contributed by atoms with Crippen molar-refractivity contribution in [1.29, 1.82) is 0 Å². The van der Waals surface area contributed by atoms with Crippen LogP contribution in [0.25, 0.3) is 0 Å². The monoisotopic (exact) mass is 384 g/mol. The normalized spacial score (nSPS) is 11.7. The summed E-state index contributed by atoms with van der Waals surface area (Å²) in [7, 11) is 0. The van der Waals surface area contributed by atoms with Crippen LogP contribution in [0, 0.1) is 5.82 Å². The summed E-state index contributed by atoms with van der Waals surface area (Å²) in [6.07, 6.45) is 1.92. The fraction of sp³-hybridized carbons (Fsp3) is 0.391. The SMILES string of the molecule is CCCNC(=O)[C@@H](CC)N(CCc1ccccc1)C(=O)Cc1ccccc1F. The first-order valence-electron chi connectivity index (χ1n) is 9.91. The smallest absolute Gasteiger partial charge is 0.242 e. The molecule has 0 fully saturated rings. The predicted octanol–water partition coefficient (Wildman–Crippen LogP) is 3.74. The Hall–Kier alpha value is -2.69. The third kappa shape index (κ3) is 6.19. The van der Waals surface area contributed by atoms with Crippen LogP contribution in [-0.2, 0) is 22.4 Å². The van der Waals surface area contributed by atoms with Gasteiger partial charge in [0, 0.05) is 13.1 Å². The van der Waals surface area contributed by atoms with Crippen molar-refractivity contribution in [1.82, 2.24) is 10.2 Å². The maximum absolute atomic E-state index is 14.0. The number of carbonyl (C=O) groups is 2. The number of hydrogen-bond donors (Lipinski definition) is 1. The molecule has 5 heteroatoms. The summed E-state index contributed by atoms with van der Waals surface area (Å²) >= 11 is 0. The lowest BCUT2D eigenvalue weighted by molar-refractivity contribution is -0.140. The highest BCUT2D eigenvalue weighted by molar-refractivity contribution is 5.88. The molecule has 0 radical (unpaired) electrons. The van der Waals surface area contributed by atoms with Gasteiger partial charge in [-0.05, 0) is 36.5 Å². The molecule has 1 atom stereocenters. The molecule has 1 N–H and O–H groups in total. The number of hydrogen-bond acceptors (Lipinski definition) is 2. The summed E-state index contributed by atoms with van der Waals surface area (Å²) in [4.78, 5) is 27.3. The molecular formula is C23H29FN2O2. The van der Waals surface area contributed by atoms with E-state index in [-0.39, 0.29) is 18.2 Å². The van der Waals surface area contributed by atoms with Gasteiger partial charge >= 0.3 is 0 Å². The molecule has 2 aromatic carbocycles. The van der Waals surface area contributed by atoms with Gasteiger partial charge in [-0.2, -0.15) is 0 Å². The Labute approximate surface area is 166 Å². The van der Waals surface area contributed by atoms with Crippen LogP contribution in [0.5, 0.6) is 0 Å². The third-order valence-electron chi connectivity index (χ3n) is 4.72. The van der Waals surface area contributed by atoms with E-state index in [4.69, 9.17) is 0 Å². The largest absolute Gasteiger partial charge is 0.354 e. The van der Waals surface area contributed by atoms with Crippen molar-refractivity contribution in [2.75, 3.05) is 13.1 Å². The molecule has 2 rings (SSSR count). The summed E-state index contributed by atoms with van der Waals surface area (Å²) in [6, 6.07) is 15.6. The quantitative estimate of drug-likeness (QED) is 0.678. The first-order valence-corrected chi connectivity index (χ1v) is 9.91. The summed E-state index contributed by atoms with van der Waals surface area (Å²) in [6.45, 7) is 4.86. The second-order valence-corrected chi connectivity index (χ2v) is 6.81. The Morgan fingerprint density at radius 1 is 1.04 bits per heavy atom. The van der Waals surface area contributed by atoms with Crippen molar-refractivity contribution < 1.29 is 14.0 Å². The fourth-order valence-corrected chi connectivity index (χ4v) is 3.17. The fourth-order valence-electron chi connectivity index (χ4n) is 3.17. The Bertz CT molecular complexity index is 764. The molecule has 0 aliphatic heterocycles. The summed E-state index contributed by atoms with van der Waals surface area (Å²) in [5, 5.41) is 2.89. The molecule has 150 valence electrons. The van der Waals surface area contributed by atoms with Crippen LogP contribution in [0.2, 0.25) is 0 Å². The van der Waals surface area contributed by atoms with Crippen LogP contribution >= 0.6 is 0 Å². The second kappa shape index (κ2) is 11.2. The van der Waals surface area contributed by atoms with E-state index >= 15 is 0 Å². The van der Waals surface area contributed by atoms with Gasteiger partial charge in [0.15, 0.2) is 0 Å². The number of nitrogens with zero attached hydrogens (tertiary/aromatic N) is 1. The first-order chi connectivity index (χ1) is 13.6. The molecule has 4 nitrogen and oxygen atoms in total. The van der Waals surface area contributed by atoms with Crippen molar-refractivity contribution in [3.05, 3.63) is 71.5 Å². The minimum Gasteiger partial charge on any atom is -0.354 e. The number of amides is 2. The summed E-state index contributed by atoms with van der Waals surface area (Å²) < 4.78 is 14.0. The first kappa shape index (κ1) is 21.6. The number of benzene rings is 2. The van der Waals surface area contributed by atoms with Crippen LogP contribution in [0.4, 0.5) is 4.39 Å². The zero-order valence-corrected chi connectivity index (χ0v) is 16.7. The lowest BCUT2D eigenvalue weighted by Gasteiger charge is -2.30. The number of nitrogens with one attached hydrogen (secondary N) is 1. The maximum Gasteiger partial charge on any atom is 0.242 e. The molecule has 0 spiro atoms. The Morgan fingerprint density at radius 3 is 2.36 bits per heavy atom.